The number of rotatable bonds is 6. The number of nitrogens with zero attached hydrogens (tertiary/aromatic N) is 1. The van der Waals surface area contributed by atoms with Gasteiger partial charge in [-0.3, -0.25) is 4.79 Å². The van der Waals surface area contributed by atoms with Crippen LogP contribution in [0.4, 0.5) is 4.39 Å². The zero-order valence-electron chi connectivity index (χ0n) is 13.2. The van der Waals surface area contributed by atoms with E-state index in [-0.39, 0.29) is 18.3 Å². The predicted octanol–water partition coefficient (Wildman–Crippen LogP) is 4.68. The molecule has 2 nitrogen and oxygen atoms in total. The Morgan fingerprint density at radius 1 is 1.22 bits per heavy atom. The van der Waals surface area contributed by atoms with E-state index in [1.807, 2.05) is 12.1 Å². The number of hydrogen-bond acceptors (Lipinski definition) is 2. The summed E-state index contributed by atoms with van der Waals surface area (Å²) in [4.78, 5) is 13.7. The van der Waals surface area contributed by atoms with Gasteiger partial charge in [-0.15, -0.1) is 11.8 Å². The minimum Gasteiger partial charge on any atom is -0.341 e. The molecule has 2 aromatic rings. The molecule has 2 rings (SSSR count). The maximum absolute atomic E-state index is 13.8. The monoisotopic (exact) mass is 351 g/mol. The van der Waals surface area contributed by atoms with Gasteiger partial charge in [0.1, 0.15) is 5.82 Å². The Balaban J connectivity index is 1.87. The molecule has 0 atom stereocenters. The first-order chi connectivity index (χ1) is 11.0. The Morgan fingerprint density at radius 2 is 1.96 bits per heavy atom. The van der Waals surface area contributed by atoms with Crippen LogP contribution in [-0.2, 0) is 17.1 Å². The molecule has 0 aliphatic carbocycles. The van der Waals surface area contributed by atoms with Crippen LogP contribution >= 0.6 is 23.4 Å². The van der Waals surface area contributed by atoms with Crippen molar-refractivity contribution in [3.63, 3.8) is 0 Å². The normalized spacial score (nSPS) is 10.6. The fraction of sp³-hybridized carbons (Fsp3) is 0.278. The average Bonchev–Trinajstić information content (AvgIpc) is 2.52. The van der Waals surface area contributed by atoms with Crippen LogP contribution in [0, 0.1) is 12.7 Å². The van der Waals surface area contributed by atoms with E-state index in [1.165, 1.54) is 22.1 Å². The fourth-order valence-electron chi connectivity index (χ4n) is 2.14. The number of amides is 1. The third-order valence-corrected chi connectivity index (χ3v) is 4.95. The summed E-state index contributed by atoms with van der Waals surface area (Å²) in [5.41, 5.74) is 2.80. The molecule has 0 saturated carbocycles. The smallest absolute Gasteiger partial charge is 0.232 e. The van der Waals surface area contributed by atoms with Crippen LogP contribution in [-0.4, -0.2) is 23.6 Å². The van der Waals surface area contributed by atoms with Gasteiger partial charge in [0.15, 0.2) is 0 Å². The number of hydrogen-bond donors (Lipinski definition) is 0. The first-order valence-electron chi connectivity index (χ1n) is 7.28. The molecule has 23 heavy (non-hydrogen) atoms. The minimum absolute atomic E-state index is 0.0390. The SMILES string of the molecule is Cc1ccccc1CSCC(=O)N(C)Cc1c(F)cccc1Cl. The number of halogens is 2. The van der Waals surface area contributed by atoms with Crippen LogP contribution in [0.5, 0.6) is 0 Å². The third kappa shape index (κ3) is 4.98. The second-order valence-electron chi connectivity index (χ2n) is 5.37. The Morgan fingerprint density at radius 3 is 2.65 bits per heavy atom. The summed E-state index contributed by atoms with van der Waals surface area (Å²) in [7, 11) is 1.67. The Bertz CT molecular complexity index is 672. The van der Waals surface area contributed by atoms with E-state index in [2.05, 4.69) is 19.1 Å². The van der Waals surface area contributed by atoms with Crippen molar-refractivity contribution < 1.29 is 9.18 Å². The quantitative estimate of drug-likeness (QED) is 0.753. The molecule has 0 saturated heterocycles. The average molecular weight is 352 g/mol. The summed E-state index contributed by atoms with van der Waals surface area (Å²) in [6, 6.07) is 12.7. The highest BCUT2D eigenvalue weighted by molar-refractivity contribution is 7.99. The van der Waals surface area contributed by atoms with Crippen LogP contribution < -0.4 is 0 Å². The summed E-state index contributed by atoms with van der Waals surface area (Å²) >= 11 is 7.55. The Kier molecular flexibility index (Phi) is 6.48. The molecule has 122 valence electrons. The lowest BCUT2D eigenvalue weighted by Gasteiger charge is -2.18. The molecule has 5 heteroatoms. The summed E-state index contributed by atoms with van der Waals surface area (Å²) in [5.74, 6) is 0.719. The van der Waals surface area contributed by atoms with Gasteiger partial charge in [0, 0.05) is 29.9 Å². The lowest BCUT2D eigenvalue weighted by atomic mass is 10.1. The van der Waals surface area contributed by atoms with Gasteiger partial charge < -0.3 is 4.90 Å². The van der Waals surface area contributed by atoms with Gasteiger partial charge in [-0.1, -0.05) is 41.9 Å². The Hall–Kier alpha value is -1.52. The largest absolute Gasteiger partial charge is 0.341 e. The molecule has 0 aromatic heterocycles. The van der Waals surface area contributed by atoms with Gasteiger partial charge in [0.25, 0.3) is 0 Å². The van der Waals surface area contributed by atoms with Crippen molar-refractivity contribution >= 4 is 29.3 Å². The van der Waals surface area contributed by atoms with E-state index in [0.29, 0.717) is 16.3 Å². The van der Waals surface area contributed by atoms with Crippen molar-refractivity contribution in [2.45, 2.75) is 19.2 Å². The van der Waals surface area contributed by atoms with Crippen molar-refractivity contribution in [2.75, 3.05) is 12.8 Å². The zero-order chi connectivity index (χ0) is 16.8. The molecule has 0 unspecified atom stereocenters. The number of thioether (sulfide) groups is 1. The molecule has 0 spiro atoms. The molecule has 0 fully saturated rings. The highest BCUT2D eigenvalue weighted by Gasteiger charge is 2.14. The lowest BCUT2D eigenvalue weighted by molar-refractivity contribution is -0.127. The predicted molar refractivity (Wildman–Crippen MR) is 95.2 cm³/mol. The summed E-state index contributed by atoms with van der Waals surface area (Å²) in [6.45, 7) is 2.24. The van der Waals surface area contributed by atoms with Crippen LogP contribution in [0.15, 0.2) is 42.5 Å². The number of aryl methyl sites for hydroxylation is 1. The van der Waals surface area contributed by atoms with Crippen molar-refractivity contribution in [3.05, 3.63) is 70.0 Å². The van der Waals surface area contributed by atoms with Crippen molar-refractivity contribution in [2.24, 2.45) is 0 Å². The maximum atomic E-state index is 13.8. The first-order valence-corrected chi connectivity index (χ1v) is 8.81. The molecule has 2 aromatic carbocycles. The highest BCUT2D eigenvalue weighted by Crippen LogP contribution is 2.21. The standard InChI is InChI=1S/C18H19ClFNOS/c1-13-6-3-4-7-14(13)11-23-12-18(22)21(2)10-15-16(19)8-5-9-17(15)20/h3-9H,10-12H2,1-2H3. The van der Waals surface area contributed by atoms with Crippen LogP contribution in [0.3, 0.4) is 0 Å². The van der Waals surface area contributed by atoms with Crippen molar-refractivity contribution in [3.8, 4) is 0 Å². The molecular formula is C18H19ClFNOS. The minimum atomic E-state index is -0.385. The van der Waals surface area contributed by atoms with Crippen LogP contribution in [0.25, 0.3) is 0 Å². The fourth-order valence-corrected chi connectivity index (χ4v) is 3.40. The van der Waals surface area contributed by atoms with Gasteiger partial charge in [-0.05, 0) is 30.2 Å². The highest BCUT2D eigenvalue weighted by atomic mass is 35.5. The van der Waals surface area contributed by atoms with Crippen molar-refractivity contribution in [1.82, 2.24) is 4.90 Å². The van der Waals surface area contributed by atoms with Gasteiger partial charge in [0.2, 0.25) is 5.91 Å². The Labute approximate surface area is 145 Å². The molecule has 0 bridgehead atoms. The second-order valence-corrected chi connectivity index (χ2v) is 6.76. The second kappa shape index (κ2) is 8.37. The van der Waals surface area contributed by atoms with Crippen molar-refractivity contribution in [1.29, 1.82) is 0 Å². The van der Waals surface area contributed by atoms with E-state index >= 15 is 0 Å². The molecule has 0 heterocycles. The van der Waals surface area contributed by atoms with E-state index < -0.39 is 0 Å². The van der Waals surface area contributed by atoms with E-state index in [4.69, 9.17) is 11.6 Å². The third-order valence-electron chi connectivity index (χ3n) is 3.63. The summed E-state index contributed by atoms with van der Waals surface area (Å²) < 4.78 is 13.8. The topological polar surface area (TPSA) is 20.3 Å². The zero-order valence-corrected chi connectivity index (χ0v) is 14.8. The molecule has 1 amide bonds. The number of carbonyl (C=O) groups is 1. The van der Waals surface area contributed by atoms with Gasteiger partial charge in [0.05, 0.1) is 5.75 Å². The molecular weight excluding hydrogens is 333 g/mol. The first kappa shape index (κ1) is 17.8. The molecule has 0 radical (unpaired) electrons. The van der Waals surface area contributed by atoms with Gasteiger partial charge in [-0.25, -0.2) is 4.39 Å². The molecule has 0 aliphatic heterocycles. The van der Waals surface area contributed by atoms with Crippen LogP contribution in [0.1, 0.15) is 16.7 Å². The molecule has 0 aliphatic rings. The van der Waals surface area contributed by atoms with Gasteiger partial charge in [-0.2, -0.15) is 0 Å². The number of carbonyl (C=O) groups excluding carboxylic acids is 1. The van der Waals surface area contributed by atoms with E-state index in [0.717, 1.165) is 5.75 Å². The molecule has 0 N–H and O–H groups in total. The maximum Gasteiger partial charge on any atom is 0.232 e. The lowest BCUT2D eigenvalue weighted by Crippen LogP contribution is -2.28. The van der Waals surface area contributed by atoms with E-state index in [1.54, 1.807) is 30.9 Å². The van der Waals surface area contributed by atoms with Crippen LogP contribution in [0.2, 0.25) is 5.02 Å². The van der Waals surface area contributed by atoms with E-state index in [9.17, 15) is 9.18 Å². The van der Waals surface area contributed by atoms with Gasteiger partial charge >= 0.3 is 0 Å². The number of benzene rings is 2. The summed E-state index contributed by atoms with van der Waals surface area (Å²) in [5, 5.41) is 0.345. The summed E-state index contributed by atoms with van der Waals surface area (Å²) in [6.07, 6.45) is 0.